The van der Waals surface area contributed by atoms with Gasteiger partial charge in [0.05, 0.1) is 0 Å². The lowest BCUT2D eigenvalue weighted by Crippen LogP contribution is -2.61. The van der Waals surface area contributed by atoms with Crippen molar-refractivity contribution < 1.29 is 13.0 Å². The molecule has 0 spiro atoms. The maximum Gasteiger partial charge on any atom is 0.298 e. The molecule has 1 unspecified atom stereocenters. The Labute approximate surface area is 92.4 Å². The highest BCUT2D eigenvalue weighted by atomic mass is 32.2. The Morgan fingerprint density at radius 1 is 1.20 bits per heavy atom. The molecule has 0 amide bonds. The van der Waals surface area contributed by atoms with Gasteiger partial charge in [-0.2, -0.15) is 8.42 Å². The fourth-order valence-electron chi connectivity index (χ4n) is 1.60. The van der Waals surface area contributed by atoms with Crippen molar-refractivity contribution in [3.8, 4) is 0 Å². The predicted molar refractivity (Wildman–Crippen MR) is 60.9 cm³/mol. The van der Waals surface area contributed by atoms with Crippen LogP contribution in [0.15, 0.2) is 0 Å². The molecule has 0 rings (SSSR count). The third-order valence-electron chi connectivity index (χ3n) is 2.48. The highest BCUT2D eigenvalue weighted by molar-refractivity contribution is 7.87. The molecule has 15 heavy (non-hydrogen) atoms. The number of hydrogen-bond acceptors (Lipinski definition) is 4. The molecule has 3 N–H and O–H groups in total. The summed E-state index contributed by atoms with van der Waals surface area (Å²) in [6.07, 6.45) is 1.77. The van der Waals surface area contributed by atoms with E-state index in [4.69, 9.17) is 10.3 Å². The quantitative estimate of drug-likeness (QED) is 0.511. The molecule has 0 heterocycles. The maximum absolute atomic E-state index is 11.3. The van der Waals surface area contributed by atoms with E-state index in [0.29, 0.717) is 13.1 Å². The summed E-state index contributed by atoms with van der Waals surface area (Å²) in [5.74, 6) is 0. The van der Waals surface area contributed by atoms with Gasteiger partial charge in [-0.05, 0) is 19.3 Å². The molecule has 0 aliphatic carbocycles. The lowest BCUT2D eigenvalue weighted by Gasteiger charge is -2.37. The summed E-state index contributed by atoms with van der Waals surface area (Å²) in [5, 5.41) is 0. The van der Waals surface area contributed by atoms with Gasteiger partial charge < -0.3 is 0 Å². The molecular formula is C9H22N2O3S. The van der Waals surface area contributed by atoms with Crippen LogP contribution < -0.4 is 5.73 Å². The monoisotopic (exact) mass is 238 g/mol. The number of hydrogen-bond donors (Lipinski definition) is 2. The van der Waals surface area contributed by atoms with E-state index in [1.165, 1.54) is 0 Å². The van der Waals surface area contributed by atoms with Crippen molar-refractivity contribution in [2.45, 2.75) is 45.0 Å². The van der Waals surface area contributed by atoms with Crippen LogP contribution in [-0.2, 0) is 10.1 Å². The van der Waals surface area contributed by atoms with E-state index in [2.05, 4.69) is 0 Å². The molecule has 0 bridgehead atoms. The number of nitrogens with zero attached hydrogens (tertiary/aromatic N) is 1. The van der Waals surface area contributed by atoms with Crippen LogP contribution in [0.25, 0.3) is 0 Å². The summed E-state index contributed by atoms with van der Waals surface area (Å²) in [5.41, 5.74) is 5.78. The van der Waals surface area contributed by atoms with Crippen LogP contribution in [0.1, 0.15) is 40.0 Å². The smallest absolute Gasteiger partial charge is 0.298 e. The van der Waals surface area contributed by atoms with Crippen LogP contribution >= 0.6 is 0 Å². The first kappa shape index (κ1) is 14.8. The fraction of sp³-hybridized carbons (Fsp3) is 1.00. The molecule has 0 aromatic heterocycles. The summed E-state index contributed by atoms with van der Waals surface area (Å²) in [7, 11) is -4.25. The van der Waals surface area contributed by atoms with E-state index in [0.717, 1.165) is 12.8 Å². The van der Waals surface area contributed by atoms with E-state index < -0.39 is 15.1 Å². The molecule has 0 radical (unpaired) electrons. The van der Waals surface area contributed by atoms with Crippen molar-refractivity contribution in [1.29, 1.82) is 0 Å². The van der Waals surface area contributed by atoms with Gasteiger partial charge in [-0.15, -0.1) is 0 Å². The maximum atomic E-state index is 11.3. The summed E-state index contributed by atoms with van der Waals surface area (Å²) < 4.78 is 31.7. The Kier molecular flexibility index (Phi) is 5.72. The van der Waals surface area contributed by atoms with Crippen LogP contribution in [0.4, 0.5) is 0 Å². The van der Waals surface area contributed by atoms with E-state index in [1.54, 1.807) is 11.8 Å². The lowest BCUT2D eigenvalue weighted by atomic mass is 10.2. The molecule has 0 aliphatic rings. The van der Waals surface area contributed by atoms with Crippen LogP contribution in [0.3, 0.4) is 0 Å². The highest BCUT2D eigenvalue weighted by Gasteiger charge is 2.42. The van der Waals surface area contributed by atoms with E-state index in [-0.39, 0.29) is 6.42 Å². The molecule has 1 atom stereocenters. The standard InChI is InChI=1S/C9H22N2O3S/c1-4-7-11(8-5-2)9(10,6-3)15(12,13)14/h4-8,10H2,1-3H3,(H,12,13,14). The summed E-state index contributed by atoms with van der Waals surface area (Å²) >= 11 is 0. The average Bonchev–Trinajstić information content (AvgIpc) is 2.14. The van der Waals surface area contributed by atoms with Crippen LogP contribution in [0.5, 0.6) is 0 Å². The summed E-state index contributed by atoms with van der Waals surface area (Å²) in [6, 6.07) is 0. The second-order valence-corrected chi connectivity index (χ2v) is 5.32. The van der Waals surface area contributed by atoms with E-state index >= 15 is 0 Å². The average molecular weight is 238 g/mol. The topological polar surface area (TPSA) is 83.6 Å². The van der Waals surface area contributed by atoms with Crippen molar-refractivity contribution >= 4 is 10.1 Å². The molecule has 0 aliphatic heterocycles. The van der Waals surface area contributed by atoms with Gasteiger partial charge in [0, 0.05) is 13.1 Å². The van der Waals surface area contributed by atoms with Gasteiger partial charge in [0.25, 0.3) is 10.1 Å². The Morgan fingerprint density at radius 2 is 1.60 bits per heavy atom. The van der Waals surface area contributed by atoms with Crippen molar-refractivity contribution in [2.24, 2.45) is 5.73 Å². The predicted octanol–water partition coefficient (Wildman–Crippen LogP) is 1.02. The Morgan fingerprint density at radius 3 is 1.80 bits per heavy atom. The lowest BCUT2D eigenvalue weighted by molar-refractivity contribution is 0.146. The van der Waals surface area contributed by atoms with Gasteiger partial charge in [0.15, 0.2) is 4.99 Å². The molecule has 92 valence electrons. The van der Waals surface area contributed by atoms with Crippen LogP contribution in [0.2, 0.25) is 0 Å². The number of rotatable bonds is 7. The van der Waals surface area contributed by atoms with Crippen molar-refractivity contribution in [3.05, 3.63) is 0 Å². The second kappa shape index (κ2) is 5.79. The zero-order valence-electron chi connectivity index (χ0n) is 9.73. The first-order valence-corrected chi connectivity index (χ1v) is 6.78. The molecule has 0 fully saturated rings. The van der Waals surface area contributed by atoms with Crippen molar-refractivity contribution in [2.75, 3.05) is 13.1 Å². The zero-order chi connectivity index (χ0) is 12.1. The normalized spacial score (nSPS) is 16.7. The highest BCUT2D eigenvalue weighted by Crippen LogP contribution is 2.20. The molecule has 6 heteroatoms. The first-order valence-electron chi connectivity index (χ1n) is 5.34. The van der Waals surface area contributed by atoms with E-state index in [1.807, 2.05) is 13.8 Å². The van der Waals surface area contributed by atoms with Gasteiger partial charge in [-0.25, -0.2) is 0 Å². The van der Waals surface area contributed by atoms with Crippen LogP contribution in [-0.4, -0.2) is 36.0 Å². The molecular weight excluding hydrogens is 216 g/mol. The van der Waals surface area contributed by atoms with Gasteiger partial charge in [-0.1, -0.05) is 20.8 Å². The molecule has 0 aromatic carbocycles. The summed E-state index contributed by atoms with van der Waals surface area (Å²) in [4.78, 5) is -0.0125. The Hall–Kier alpha value is -0.170. The minimum Gasteiger partial charge on any atom is -0.298 e. The third kappa shape index (κ3) is 3.41. The van der Waals surface area contributed by atoms with Gasteiger partial charge >= 0.3 is 0 Å². The summed E-state index contributed by atoms with van der Waals surface area (Å²) in [6.45, 7) is 6.69. The molecule has 0 saturated carbocycles. The zero-order valence-corrected chi connectivity index (χ0v) is 10.5. The first-order chi connectivity index (χ1) is 6.83. The van der Waals surface area contributed by atoms with Gasteiger partial charge in [-0.3, -0.25) is 15.2 Å². The van der Waals surface area contributed by atoms with Crippen LogP contribution in [0, 0.1) is 0 Å². The van der Waals surface area contributed by atoms with Gasteiger partial charge in [0.2, 0.25) is 0 Å². The molecule has 0 aromatic rings. The van der Waals surface area contributed by atoms with Gasteiger partial charge in [0.1, 0.15) is 0 Å². The minimum atomic E-state index is -4.25. The minimum absolute atomic E-state index is 0.172. The van der Waals surface area contributed by atoms with Crippen molar-refractivity contribution in [3.63, 3.8) is 0 Å². The largest absolute Gasteiger partial charge is 0.298 e. The van der Waals surface area contributed by atoms with E-state index in [9.17, 15) is 8.42 Å². The second-order valence-electron chi connectivity index (χ2n) is 3.66. The molecule has 0 saturated heterocycles. The fourth-order valence-corrected chi connectivity index (χ4v) is 2.47. The number of nitrogens with two attached hydrogens (primary N) is 1. The third-order valence-corrected chi connectivity index (χ3v) is 3.92. The molecule has 5 nitrogen and oxygen atoms in total. The Balaban J connectivity index is 5.02. The Bertz CT molecular complexity index is 273. The van der Waals surface area contributed by atoms with Crippen molar-refractivity contribution in [1.82, 2.24) is 4.90 Å². The SMILES string of the molecule is CCCN(CCC)C(N)(CC)S(=O)(=O)O.